The number of ether oxygens (including phenoxy) is 11. The van der Waals surface area contributed by atoms with Crippen LogP contribution in [0, 0.1) is 0 Å². The minimum absolute atomic E-state index is 0.0179. The van der Waals surface area contributed by atoms with Crippen LogP contribution in [0.1, 0.15) is 251 Å². The Morgan fingerprint density at radius 3 is 1.53 bits per heavy atom. The quantitative estimate of drug-likeness (QED) is 0.0244. The molecule has 1 fully saturated rings. The number of unbranched alkanes of at least 4 members (excludes halogenated alkanes) is 23. The van der Waals surface area contributed by atoms with Gasteiger partial charge in [0, 0.05) is 6.42 Å². The van der Waals surface area contributed by atoms with Crippen LogP contribution in [0.3, 0.4) is 0 Å². The monoisotopic (exact) mass is 1260 g/mol. The van der Waals surface area contributed by atoms with E-state index < -0.39 is 78.4 Å². The molecule has 0 spiro atoms. The molecule has 7 atom stereocenters. The van der Waals surface area contributed by atoms with Gasteiger partial charge in [0.05, 0.1) is 45.6 Å². The van der Waals surface area contributed by atoms with Crippen molar-refractivity contribution < 1.29 is 71.3 Å². The largest absolute Gasteiger partial charge is 0.509 e. The molecule has 506 valence electrons. The number of carbonyl (C=O) groups excluding carboxylic acids is 4. The van der Waals surface area contributed by atoms with E-state index in [2.05, 4.69) is 19.2 Å². The molecule has 3 aromatic carbocycles. The van der Waals surface area contributed by atoms with Crippen molar-refractivity contribution in [3.8, 4) is 11.5 Å². The van der Waals surface area contributed by atoms with E-state index >= 15 is 0 Å². The summed E-state index contributed by atoms with van der Waals surface area (Å²) in [5.74, 6) is -1.39. The number of carbonyl (C=O) groups is 4. The normalized spacial score (nSPS) is 18.3. The first-order valence-electron chi connectivity index (χ1n) is 34.0. The molecule has 1 amide bonds. The highest BCUT2D eigenvalue weighted by molar-refractivity contribution is 5.89. The molecule has 3 aromatic rings. The van der Waals surface area contributed by atoms with Crippen molar-refractivity contribution in [1.82, 2.24) is 5.32 Å². The van der Waals surface area contributed by atoms with Gasteiger partial charge >= 0.3 is 18.3 Å². The first-order chi connectivity index (χ1) is 43.3. The van der Waals surface area contributed by atoms with E-state index in [-0.39, 0.29) is 32.1 Å². The zero-order valence-corrected chi connectivity index (χ0v) is 57.0. The standard InChI is InChI=1S/C74H115NO15/c1-12-14-16-18-20-22-24-26-28-30-32-34-39-43-63(86-69(77)59-41-37-36-38-42-59)62(75-65(76)44-40-35-33-31-29-27-25-23-21-19-17-15-13-2)55-85-74(9)68(83-54-58-47-51-61(81-11)52-48-58)67(82-53-57-45-49-60(80-10)50-46-57)66(87-71(79)90-73(6,7)8)64(88-74)56-84-70(78)89-72(3,4)5/h36-39,41-43,45-52,62-64,66-68H,12-35,40,44,53-56H2,1-11H3,(H,75,76)/t62-,63+,64+,66-,67-,68+,74-/m0/s1. The second-order valence-electron chi connectivity index (χ2n) is 26.2. The lowest BCUT2D eigenvalue weighted by Crippen LogP contribution is -2.68. The van der Waals surface area contributed by atoms with Crippen LogP contribution < -0.4 is 14.8 Å². The van der Waals surface area contributed by atoms with Crippen LogP contribution in [0.25, 0.3) is 0 Å². The van der Waals surface area contributed by atoms with Crippen LogP contribution in [0.15, 0.2) is 91.0 Å². The topological polar surface area (TPSA) is 182 Å². The predicted octanol–water partition coefficient (Wildman–Crippen LogP) is 18.0. The molecule has 0 aliphatic carbocycles. The Morgan fingerprint density at radius 1 is 0.578 bits per heavy atom. The first-order valence-corrected chi connectivity index (χ1v) is 34.0. The second-order valence-corrected chi connectivity index (χ2v) is 26.2. The minimum atomic E-state index is -1.86. The van der Waals surface area contributed by atoms with Crippen molar-refractivity contribution in [3.05, 3.63) is 108 Å². The molecule has 1 aliphatic rings. The third-order valence-electron chi connectivity index (χ3n) is 15.8. The van der Waals surface area contributed by atoms with Crippen molar-refractivity contribution in [2.75, 3.05) is 27.4 Å². The molecule has 1 saturated heterocycles. The predicted molar refractivity (Wildman–Crippen MR) is 354 cm³/mol. The van der Waals surface area contributed by atoms with Gasteiger partial charge < -0.3 is 57.4 Å². The number of benzene rings is 3. The molecule has 16 nitrogen and oxygen atoms in total. The fourth-order valence-electron chi connectivity index (χ4n) is 10.8. The van der Waals surface area contributed by atoms with Crippen molar-refractivity contribution in [3.63, 3.8) is 0 Å². The maximum atomic E-state index is 14.4. The number of methoxy groups -OCH3 is 2. The van der Waals surface area contributed by atoms with Crippen LogP contribution in [0.4, 0.5) is 9.59 Å². The SMILES string of the molecule is CCCCCCCCCCCCCC=C[C@@H](OC(=O)c1ccccc1)[C@H](CO[C@@]1(C)O[C@H](COC(=O)OC(C)(C)C)[C@H](OC(=O)OC(C)(C)C)[C@H](OCc2ccc(OC)cc2)[C@H]1OCc1ccc(OC)cc1)NC(=O)CCCCCCCCCCCCCCC. The van der Waals surface area contributed by atoms with E-state index in [4.69, 9.17) is 52.1 Å². The average Bonchev–Trinajstić information content (AvgIpc) is 0.771. The number of hydrogen-bond donors (Lipinski definition) is 1. The highest BCUT2D eigenvalue weighted by Gasteiger charge is 2.57. The van der Waals surface area contributed by atoms with Crippen LogP contribution >= 0.6 is 0 Å². The lowest BCUT2D eigenvalue weighted by Gasteiger charge is -2.50. The van der Waals surface area contributed by atoms with Gasteiger partial charge in [0.2, 0.25) is 5.91 Å². The molecular weight excluding hydrogens is 1140 g/mol. The number of esters is 1. The molecule has 0 unspecified atom stereocenters. The summed E-state index contributed by atoms with van der Waals surface area (Å²) < 4.78 is 68.6. The second kappa shape index (κ2) is 43.2. The average molecular weight is 1260 g/mol. The Kier molecular flexibility index (Phi) is 36.9. The Labute approximate surface area is 541 Å². The van der Waals surface area contributed by atoms with Gasteiger partial charge in [-0.3, -0.25) is 4.79 Å². The highest BCUT2D eigenvalue weighted by atomic mass is 16.8. The molecule has 16 heteroatoms. The summed E-state index contributed by atoms with van der Waals surface area (Å²) in [6, 6.07) is 22.4. The van der Waals surface area contributed by atoms with Crippen molar-refractivity contribution in [1.29, 1.82) is 0 Å². The number of nitrogens with one attached hydrogen (secondary N) is 1. The first kappa shape index (κ1) is 76.8. The summed E-state index contributed by atoms with van der Waals surface area (Å²) in [5.41, 5.74) is -0.0429. The van der Waals surface area contributed by atoms with Gasteiger partial charge in [-0.2, -0.15) is 0 Å². The molecular formula is C74H115NO15. The molecule has 1 N–H and O–H groups in total. The van der Waals surface area contributed by atoms with E-state index in [1.165, 1.54) is 109 Å². The molecule has 0 saturated carbocycles. The smallest absolute Gasteiger partial charge is 0.497 e. The molecule has 1 aliphatic heterocycles. The van der Waals surface area contributed by atoms with Gasteiger partial charge in [-0.25, -0.2) is 14.4 Å². The van der Waals surface area contributed by atoms with E-state index in [1.807, 2.05) is 54.6 Å². The fourth-order valence-corrected chi connectivity index (χ4v) is 10.8. The summed E-state index contributed by atoms with van der Waals surface area (Å²) in [7, 11) is 3.17. The number of hydrogen-bond acceptors (Lipinski definition) is 15. The number of rotatable bonds is 45. The van der Waals surface area contributed by atoms with Gasteiger partial charge in [-0.05, 0) is 121 Å². The Morgan fingerprint density at radius 2 is 1.04 bits per heavy atom. The van der Waals surface area contributed by atoms with Gasteiger partial charge in [0.25, 0.3) is 0 Å². The lowest BCUT2D eigenvalue weighted by atomic mass is 9.92. The zero-order chi connectivity index (χ0) is 65.5. The molecule has 4 rings (SSSR count). The van der Waals surface area contributed by atoms with Gasteiger partial charge in [-0.1, -0.05) is 204 Å². The Bertz CT molecular complexity index is 2440. The minimum Gasteiger partial charge on any atom is -0.497 e. The molecule has 90 heavy (non-hydrogen) atoms. The summed E-state index contributed by atoms with van der Waals surface area (Å²) in [4.78, 5) is 56.0. The molecule has 0 radical (unpaired) electrons. The summed E-state index contributed by atoms with van der Waals surface area (Å²) in [6.07, 6.45) is 25.2. The van der Waals surface area contributed by atoms with E-state index in [1.54, 1.807) is 99.1 Å². The fraction of sp³-hybridized carbons (Fsp3) is 0.676. The summed E-state index contributed by atoms with van der Waals surface area (Å²) >= 11 is 0. The molecule has 1 heterocycles. The Balaban J connectivity index is 1.76. The molecule has 0 aromatic heterocycles. The van der Waals surface area contributed by atoms with Crippen molar-refractivity contribution in [2.24, 2.45) is 0 Å². The number of allylic oxidation sites excluding steroid dienone is 1. The highest BCUT2D eigenvalue weighted by Crippen LogP contribution is 2.39. The third kappa shape index (κ3) is 32.1. The van der Waals surface area contributed by atoms with Gasteiger partial charge in [0.1, 0.15) is 53.7 Å². The van der Waals surface area contributed by atoms with Crippen LogP contribution in [0.2, 0.25) is 0 Å². The van der Waals surface area contributed by atoms with E-state index in [0.29, 0.717) is 23.5 Å². The van der Waals surface area contributed by atoms with Gasteiger partial charge in [-0.15, -0.1) is 0 Å². The number of amides is 1. The van der Waals surface area contributed by atoms with Crippen LogP contribution in [0.5, 0.6) is 11.5 Å². The maximum absolute atomic E-state index is 14.4. The van der Waals surface area contributed by atoms with Crippen molar-refractivity contribution >= 4 is 24.2 Å². The summed E-state index contributed by atoms with van der Waals surface area (Å²) in [6.45, 7) is 15.6. The van der Waals surface area contributed by atoms with E-state index in [0.717, 1.165) is 56.1 Å². The Hall–Kier alpha value is -5.68. The van der Waals surface area contributed by atoms with Crippen molar-refractivity contribution in [2.45, 2.75) is 296 Å². The third-order valence-corrected chi connectivity index (χ3v) is 15.8. The summed E-state index contributed by atoms with van der Waals surface area (Å²) in [5, 5.41) is 3.24. The molecule has 0 bridgehead atoms. The van der Waals surface area contributed by atoms with Gasteiger partial charge in [0.15, 0.2) is 11.9 Å². The lowest BCUT2D eigenvalue weighted by molar-refractivity contribution is -0.372. The van der Waals surface area contributed by atoms with Crippen LogP contribution in [-0.2, 0) is 60.6 Å². The maximum Gasteiger partial charge on any atom is 0.509 e. The van der Waals surface area contributed by atoms with E-state index in [9.17, 15) is 19.2 Å². The zero-order valence-electron chi connectivity index (χ0n) is 57.0. The van der Waals surface area contributed by atoms with Crippen LogP contribution in [-0.4, -0.2) is 105 Å².